The molecule has 25 heavy (non-hydrogen) atoms. The summed E-state index contributed by atoms with van der Waals surface area (Å²) in [6.45, 7) is 0. The molecule has 0 aromatic heterocycles. The van der Waals surface area contributed by atoms with Crippen LogP contribution in [0.2, 0.25) is 0 Å². The van der Waals surface area contributed by atoms with Crippen molar-refractivity contribution in [3.8, 4) is 0 Å². The van der Waals surface area contributed by atoms with Gasteiger partial charge in [-0.2, -0.15) is 10.1 Å². The lowest BCUT2D eigenvalue weighted by Crippen LogP contribution is -2.25. The Kier molecular flexibility index (Phi) is 5.11. The van der Waals surface area contributed by atoms with E-state index < -0.39 is 0 Å². The van der Waals surface area contributed by atoms with Crippen molar-refractivity contribution in [2.45, 2.75) is 0 Å². The number of hydrogen-bond acceptors (Lipinski definition) is 3. The predicted molar refractivity (Wildman–Crippen MR) is 101 cm³/mol. The van der Waals surface area contributed by atoms with Crippen LogP contribution in [0.3, 0.4) is 0 Å². The van der Waals surface area contributed by atoms with Crippen LogP contribution in [0.5, 0.6) is 0 Å². The third kappa shape index (κ3) is 4.24. The number of nitrogens with zero attached hydrogens (tertiary/aromatic N) is 2. The Bertz CT molecular complexity index is 873. The highest BCUT2D eigenvalue weighted by molar-refractivity contribution is 7.80. The molecule has 4 nitrogen and oxygen atoms in total. The second kappa shape index (κ2) is 7.63. The van der Waals surface area contributed by atoms with Crippen molar-refractivity contribution in [3.05, 3.63) is 83.3 Å². The lowest BCUT2D eigenvalue weighted by atomic mass is 10.2. The molecule has 2 aromatic rings. The van der Waals surface area contributed by atoms with Gasteiger partial charge in [0.1, 0.15) is 11.5 Å². The predicted octanol–water partition coefficient (Wildman–Crippen LogP) is 3.58. The van der Waals surface area contributed by atoms with E-state index in [4.69, 9.17) is 12.2 Å². The summed E-state index contributed by atoms with van der Waals surface area (Å²) >= 11 is 5.13. The lowest BCUT2D eigenvalue weighted by Gasteiger charge is -2.04. The highest BCUT2D eigenvalue weighted by atomic mass is 32.1. The average molecular weight is 351 g/mol. The normalized spacial score (nSPS) is 16.4. The summed E-state index contributed by atoms with van der Waals surface area (Å²) in [5.41, 5.74) is 2.01. The fraction of sp³-hybridized carbons (Fsp3) is 0. The van der Waals surface area contributed by atoms with Crippen molar-refractivity contribution in [2.75, 3.05) is 0 Å². The van der Waals surface area contributed by atoms with Gasteiger partial charge in [0.15, 0.2) is 0 Å². The third-order valence-corrected chi connectivity index (χ3v) is 3.67. The van der Waals surface area contributed by atoms with Gasteiger partial charge in [-0.3, -0.25) is 4.79 Å². The Hall–Kier alpha value is -3.12. The van der Waals surface area contributed by atoms with Crippen molar-refractivity contribution < 1.29 is 9.18 Å². The molecule has 1 aliphatic rings. The molecule has 0 radical (unpaired) electrons. The molecule has 3 rings (SSSR count). The van der Waals surface area contributed by atoms with E-state index in [0.29, 0.717) is 11.3 Å². The number of hydrogen-bond donors (Lipinski definition) is 1. The standard InChI is InChI=1S/C19H14FN3OS/c20-16-10-8-15(9-11-16)13-17-18(24)23(19(25)22-17)21-12-4-7-14-5-2-1-3-6-14/h1-13H,(H,22,25). The van der Waals surface area contributed by atoms with Crippen molar-refractivity contribution >= 4 is 41.6 Å². The van der Waals surface area contributed by atoms with E-state index in [0.717, 1.165) is 10.6 Å². The molecule has 0 bridgehead atoms. The maximum absolute atomic E-state index is 12.9. The Balaban J connectivity index is 1.70. The minimum atomic E-state index is -0.362. The van der Waals surface area contributed by atoms with Gasteiger partial charge < -0.3 is 5.32 Å². The number of carbonyl (C=O) groups excluding carboxylic acids is 1. The Morgan fingerprint density at radius 2 is 1.76 bits per heavy atom. The minimum Gasteiger partial charge on any atom is -0.326 e. The molecule has 1 heterocycles. The topological polar surface area (TPSA) is 44.7 Å². The van der Waals surface area contributed by atoms with Gasteiger partial charge >= 0.3 is 0 Å². The Labute approximate surface area is 150 Å². The van der Waals surface area contributed by atoms with E-state index in [-0.39, 0.29) is 16.8 Å². The zero-order valence-corrected chi connectivity index (χ0v) is 13.9. The number of carbonyl (C=O) groups is 1. The molecule has 2 aromatic carbocycles. The molecule has 1 N–H and O–H groups in total. The maximum atomic E-state index is 12.9. The van der Waals surface area contributed by atoms with E-state index in [1.54, 1.807) is 24.3 Å². The van der Waals surface area contributed by atoms with E-state index in [2.05, 4.69) is 10.4 Å². The van der Waals surface area contributed by atoms with Gasteiger partial charge in [-0.1, -0.05) is 48.5 Å². The summed E-state index contributed by atoms with van der Waals surface area (Å²) in [6.07, 6.45) is 6.70. The van der Waals surface area contributed by atoms with Gasteiger partial charge in [0.25, 0.3) is 5.91 Å². The number of benzene rings is 2. The number of allylic oxidation sites excluding steroid dienone is 1. The summed E-state index contributed by atoms with van der Waals surface area (Å²) in [7, 11) is 0. The second-order valence-corrected chi connectivity index (χ2v) is 5.58. The van der Waals surface area contributed by atoms with Crippen molar-refractivity contribution in [1.29, 1.82) is 0 Å². The fourth-order valence-electron chi connectivity index (χ4n) is 2.18. The minimum absolute atomic E-state index is 0.197. The number of thiocarbonyl (C=S) groups is 1. The number of nitrogens with one attached hydrogen (secondary N) is 1. The Morgan fingerprint density at radius 1 is 1.04 bits per heavy atom. The van der Waals surface area contributed by atoms with E-state index in [1.807, 2.05) is 36.4 Å². The smallest absolute Gasteiger partial charge is 0.297 e. The van der Waals surface area contributed by atoms with Crippen LogP contribution in [0.1, 0.15) is 11.1 Å². The first kappa shape index (κ1) is 16.7. The molecule has 1 fully saturated rings. The summed E-state index contributed by atoms with van der Waals surface area (Å²) in [5, 5.41) is 8.19. The highest BCUT2D eigenvalue weighted by Gasteiger charge is 2.30. The second-order valence-electron chi connectivity index (χ2n) is 5.19. The first-order chi connectivity index (χ1) is 12.1. The average Bonchev–Trinajstić information content (AvgIpc) is 2.88. The lowest BCUT2D eigenvalue weighted by molar-refractivity contribution is -0.122. The first-order valence-electron chi connectivity index (χ1n) is 7.52. The van der Waals surface area contributed by atoms with Crippen LogP contribution in [-0.4, -0.2) is 22.2 Å². The van der Waals surface area contributed by atoms with Gasteiger partial charge in [-0.25, -0.2) is 4.39 Å². The summed E-state index contributed by atoms with van der Waals surface area (Å²) in [6, 6.07) is 15.5. The first-order valence-corrected chi connectivity index (χ1v) is 7.93. The monoisotopic (exact) mass is 351 g/mol. The molecule has 6 heteroatoms. The fourth-order valence-corrected chi connectivity index (χ4v) is 2.42. The van der Waals surface area contributed by atoms with Crippen molar-refractivity contribution in [1.82, 2.24) is 10.3 Å². The van der Waals surface area contributed by atoms with Crippen LogP contribution >= 0.6 is 12.2 Å². The van der Waals surface area contributed by atoms with Crippen LogP contribution in [0, 0.1) is 5.82 Å². The number of amides is 1. The van der Waals surface area contributed by atoms with Gasteiger partial charge in [0.2, 0.25) is 5.11 Å². The van der Waals surface area contributed by atoms with E-state index in [1.165, 1.54) is 18.3 Å². The summed E-state index contributed by atoms with van der Waals surface area (Å²) in [4.78, 5) is 12.3. The van der Waals surface area contributed by atoms with Crippen molar-refractivity contribution in [2.24, 2.45) is 5.10 Å². The molecule has 0 unspecified atom stereocenters. The van der Waals surface area contributed by atoms with E-state index in [9.17, 15) is 9.18 Å². The Morgan fingerprint density at radius 3 is 2.48 bits per heavy atom. The molecule has 1 aliphatic heterocycles. The maximum Gasteiger partial charge on any atom is 0.297 e. The molecule has 0 spiro atoms. The zero-order valence-electron chi connectivity index (χ0n) is 13.1. The van der Waals surface area contributed by atoms with Crippen LogP contribution in [0.15, 0.2) is 71.5 Å². The van der Waals surface area contributed by atoms with E-state index >= 15 is 0 Å². The van der Waals surface area contributed by atoms with Crippen LogP contribution in [0.25, 0.3) is 12.2 Å². The molecular formula is C19H14FN3OS. The molecule has 1 amide bonds. The summed E-state index contributed by atoms with van der Waals surface area (Å²) in [5.74, 6) is -0.696. The van der Waals surface area contributed by atoms with Gasteiger partial charge in [0, 0.05) is 6.21 Å². The van der Waals surface area contributed by atoms with Gasteiger partial charge in [-0.05, 0) is 47.6 Å². The molecule has 124 valence electrons. The summed E-state index contributed by atoms with van der Waals surface area (Å²) < 4.78 is 12.9. The van der Waals surface area contributed by atoms with Gasteiger partial charge in [-0.15, -0.1) is 0 Å². The molecule has 0 aliphatic carbocycles. The number of hydrazone groups is 1. The van der Waals surface area contributed by atoms with Crippen molar-refractivity contribution in [3.63, 3.8) is 0 Å². The molecule has 0 atom stereocenters. The number of halogens is 1. The zero-order chi connectivity index (χ0) is 17.6. The largest absolute Gasteiger partial charge is 0.326 e. The highest BCUT2D eigenvalue weighted by Crippen LogP contribution is 2.15. The van der Waals surface area contributed by atoms with Crippen LogP contribution in [-0.2, 0) is 4.79 Å². The molecular weight excluding hydrogens is 337 g/mol. The van der Waals surface area contributed by atoms with Crippen LogP contribution < -0.4 is 5.32 Å². The van der Waals surface area contributed by atoms with Crippen LogP contribution in [0.4, 0.5) is 4.39 Å². The van der Waals surface area contributed by atoms with Gasteiger partial charge in [0.05, 0.1) is 0 Å². The number of rotatable bonds is 4. The third-order valence-electron chi connectivity index (χ3n) is 3.39. The molecule has 0 saturated carbocycles. The molecule has 1 saturated heterocycles. The quantitative estimate of drug-likeness (QED) is 0.520. The SMILES string of the molecule is O=C1C(=Cc2ccc(F)cc2)NC(=S)N1N=CC=Cc1ccccc1.